The lowest BCUT2D eigenvalue weighted by Crippen LogP contribution is -2.30. The van der Waals surface area contributed by atoms with Gasteiger partial charge in [-0.05, 0) is 59.7 Å². The molecule has 12 nitrogen and oxygen atoms in total. The van der Waals surface area contributed by atoms with Crippen LogP contribution in [0.15, 0.2) is 158 Å². The van der Waals surface area contributed by atoms with Crippen LogP contribution in [0, 0.1) is 0 Å². The van der Waals surface area contributed by atoms with Crippen LogP contribution in [0.2, 0.25) is 0 Å². The molecule has 0 radical (unpaired) electrons. The van der Waals surface area contributed by atoms with Gasteiger partial charge in [-0.25, -0.2) is 19.6 Å². The first-order valence-corrected chi connectivity index (χ1v) is 22.6. The summed E-state index contributed by atoms with van der Waals surface area (Å²) in [6.07, 6.45) is 0. The fourth-order valence-corrected chi connectivity index (χ4v) is 7.59. The van der Waals surface area contributed by atoms with Crippen LogP contribution in [0.4, 0.5) is 11.4 Å². The van der Waals surface area contributed by atoms with Gasteiger partial charge in [0.1, 0.15) is 13.2 Å². The van der Waals surface area contributed by atoms with E-state index in [4.69, 9.17) is 38.4 Å². The maximum Gasteiger partial charge on any atom is 0.338 e. The maximum absolute atomic E-state index is 13.3. The molecule has 0 N–H and O–H groups in total. The maximum atomic E-state index is 13.3. The van der Waals surface area contributed by atoms with Crippen molar-refractivity contribution >= 4 is 23.3 Å². The van der Waals surface area contributed by atoms with Crippen LogP contribution in [0.5, 0.6) is 0 Å². The molecule has 0 atom stereocenters. The van der Waals surface area contributed by atoms with Crippen molar-refractivity contribution in [2.24, 2.45) is 0 Å². The Morgan fingerprint density at radius 3 is 0.941 bits per heavy atom. The molecule has 6 aromatic carbocycles. The molecule has 12 heteroatoms. The number of carbonyl (C=O) groups is 2. The average molecular weight is 915 g/mol. The Bertz CT molecular complexity index is 2450. The van der Waals surface area contributed by atoms with E-state index in [2.05, 4.69) is 34.1 Å². The summed E-state index contributed by atoms with van der Waals surface area (Å²) in [7, 11) is 6.78. The van der Waals surface area contributed by atoms with E-state index in [0.29, 0.717) is 86.5 Å². The number of carbonyl (C=O) groups excluding carboxylic acids is 2. The molecule has 0 aliphatic heterocycles. The normalized spacial score (nSPS) is 11.0. The van der Waals surface area contributed by atoms with Crippen LogP contribution in [0.1, 0.15) is 31.8 Å². The molecule has 0 unspecified atom stereocenters. The predicted octanol–water partition coefficient (Wildman–Crippen LogP) is 10.1. The van der Waals surface area contributed by atoms with Crippen molar-refractivity contribution in [3.63, 3.8) is 0 Å². The van der Waals surface area contributed by atoms with Crippen molar-refractivity contribution in [1.29, 1.82) is 0 Å². The summed E-state index contributed by atoms with van der Waals surface area (Å²) in [5, 5.41) is 0. The van der Waals surface area contributed by atoms with Gasteiger partial charge in [0.2, 0.25) is 0 Å². The summed E-state index contributed by atoms with van der Waals surface area (Å²) >= 11 is 0. The fraction of sp³-hybridized carbons (Fsp3) is 0.250. The number of nitrogens with zero attached hydrogens (tertiary/aromatic N) is 4. The molecule has 68 heavy (non-hydrogen) atoms. The number of anilines is 2. The highest BCUT2D eigenvalue weighted by Gasteiger charge is 2.22. The number of aromatic nitrogens is 2. The van der Waals surface area contributed by atoms with Crippen molar-refractivity contribution in [1.82, 2.24) is 9.97 Å². The van der Waals surface area contributed by atoms with Crippen molar-refractivity contribution in [3.05, 3.63) is 180 Å². The molecular weight excluding hydrogens is 857 g/mol. The third-order valence-corrected chi connectivity index (χ3v) is 11.4. The lowest BCUT2D eigenvalue weighted by Gasteiger charge is -2.25. The molecule has 7 aromatic rings. The van der Waals surface area contributed by atoms with Gasteiger partial charge in [0.05, 0.1) is 60.3 Å². The molecule has 0 saturated carbocycles. The van der Waals surface area contributed by atoms with E-state index in [1.807, 2.05) is 109 Å². The van der Waals surface area contributed by atoms with Gasteiger partial charge in [-0.3, -0.25) is 0 Å². The van der Waals surface area contributed by atoms with Crippen molar-refractivity contribution < 1.29 is 38.0 Å². The zero-order valence-electron chi connectivity index (χ0n) is 39.1. The molecule has 0 aliphatic carbocycles. The van der Waals surface area contributed by atoms with Gasteiger partial charge >= 0.3 is 11.9 Å². The average Bonchev–Trinajstić information content (AvgIpc) is 3.40. The van der Waals surface area contributed by atoms with E-state index >= 15 is 0 Å². The number of hydrogen-bond acceptors (Lipinski definition) is 12. The van der Waals surface area contributed by atoms with Gasteiger partial charge < -0.3 is 38.2 Å². The largest absolute Gasteiger partial charge is 0.457 e. The molecular formula is C56H58N4O8. The van der Waals surface area contributed by atoms with Gasteiger partial charge in [0, 0.05) is 88.2 Å². The van der Waals surface area contributed by atoms with Crippen molar-refractivity contribution in [2.75, 3.05) is 90.8 Å². The van der Waals surface area contributed by atoms with E-state index in [1.165, 1.54) is 0 Å². The molecule has 0 aliphatic rings. The minimum atomic E-state index is -0.428. The van der Waals surface area contributed by atoms with Gasteiger partial charge in [-0.2, -0.15) is 0 Å². The monoisotopic (exact) mass is 914 g/mol. The number of methoxy groups -OCH3 is 4. The highest BCUT2D eigenvalue weighted by molar-refractivity contribution is 5.93. The lowest BCUT2D eigenvalue weighted by atomic mass is 9.98. The second-order valence-electron chi connectivity index (χ2n) is 15.9. The first kappa shape index (κ1) is 48.7. The Balaban J connectivity index is 1.32. The smallest absolute Gasteiger partial charge is 0.338 e. The highest BCUT2D eigenvalue weighted by Crippen LogP contribution is 2.38. The van der Waals surface area contributed by atoms with Crippen LogP contribution in [-0.2, 0) is 41.6 Å². The summed E-state index contributed by atoms with van der Waals surface area (Å²) in [5.41, 5.74) is 10.3. The molecule has 350 valence electrons. The van der Waals surface area contributed by atoms with Crippen LogP contribution in [-0.4, -0.2) is 103 Å². The van der Waals surface area contributed by atoms with Crippen LogP contribution < -0.4 is 9.80 Å². The van der Waals surface area contributed by atoms with Crippen LogP contribution in [0.25, 0.3) is 45.0 Å². The fourth-order valence-electron chi connectivity index (χ4n) is 7.59. The Morgan fingerprint density at radius 1 is 0.382 bits per heavy atom. The van der Waals surface area contributed by atoms with Gasteiger partial charge in [-0.15, -0.1) is 0 Å². The first-order valence-electron chi connectivity index (χ1n) is 22.6. The standard InChI is InChI=1S/C56H58N4O8/c1-63-35-31-59(32-36-64-2)49-27-23-45(24-28-49)53-51(43-15-19-47(20-16-43)55(61)67-39-41-11-7-5-8-12-41)58-54(46-25-29-50(30-26-46)60(33-37-65-3)34-38-66-4)52(57-53)44-17-21-48(22-18-44)56(62)68-40-42-13-9-6-10-14-42/h5-30H,31-40H2,1-4H3. The molecule has 0 fully saturated rings. The third kappa shape index (κ3) is 13.0. The van der Waals surface area contributed by atoms with Crippen LogP contribution in [0.3, 0.4) is 0 Å². The molecule has 0 saturated heterocycles. The van der Waals surface area contributed by atoms with Crippen molar-refractivity contribution in [3.8, 4) is 45.0 Å². The molecule has 1 aromatic heterocycles. The molecule has 7 rings (SSSR count). The Labute approximate surface area is 399 Å². The number of ether oxygens (including phenoxy) is 6. The quantitative estimate of drug-likeness (QED) is 0.0537. The SMILES string of the molecule is COCCN(CCOC)c1ccc(-c2nc(-c3ccc(C(=O)OCc4ccccc4)cc3)c(-c3ccc(N(CCOC)CCOC)cc3)nc2-c2ccc(C(=O)OCc3ccccc3)cc2)cc1. The summed E-state index contributed by atoms with van der Waals surface area (Å²) in [4.78, 5) is 41.9. The van der Waals surface area contributed by atoms with Gasteiger partial charge in [0.25, 0.3) is 0 Å². The number of benzene rings is 6. The van der Waals surface area contributed by atoms with Gasteiger partial charge in [-0.1, -0.05) is 109 Å². The van der Waals surface area contributed by atoms with E-state index < -0.39 is 11.9 Å². The predicted molar refractivity (Wildman–Crippen MR) is 267 cm³/mol. The zero-order chi connectivity index (χ0) is 47.5. The van der Waals surface area contributed by atoms with E-state index in [0.717, 1.165) is 44.8 Å². The zero-order valence-corrected chi connectivity index (χ0v) is 39.1. The number of esters is 2. The topological polar surface area (TPSA) is 122 Å². The second kappa shape index (κ2) is 25.1. The third-order valence-electron chi connectivity index (χ3n) is 11.4. The van der Waals surface area contributed by atoms with E-state index in [1.54, 1.807) is 52.7 Å². The molecule has 0 bridgehead atoms. The number of hydrogen-bond donors (Lipinski definition) is 0. The Kier molecular flexibility index (Phi) is 18.0. The van der Waals surface area contributed by atoms with Gasteiger partial charge in [0.15, 0.2) is 0 Å². The van der Waals surface area contributed by atoms with Crippen molar-refractivity contribution in [2.45, 2.75) is 13.2 Å². The minimum Gasteiger partial charge on any atom is -0.457 e. The van der Waals surface area contributed by atoms with Crippen LogP contribution >= 0.6 is 0 Å². The summed E-state index contributed by atoms with van der Waals surface area (Å²) in [6, 6.07) is 50.2. The lowest BCUT2D eigenvalue weighted by molar-refractivity contribution is 0.0464. The summed E-state index contributed by atoms with van der Waals surface area (Å²) in [6.45, 7) is 5.32. The van der Waals surface area contributed by atoms with E-state index in [-0.39, 0.29) is 13.2 Å². The number of rotatable bonds is 24. The minimum absolute atomic E-state index is 0.164. The summed E-state index contributed by atoms with van der Waals surface area (Å²) < 4.78 is 33.0. The highest BCUT2D eigenvalue weighted by atomic mass is 16.5. The Hall–Kier alpha value is -7.22. The molecule has 0 spiro atoms. The first-order chi connectivity index (χ1) is 33.4. The Morgan fingerprint density at radius 2 is 0.662 bits per heavy atom. The molecule has 1 heterocycles. The molecule has 0 amide bonds. The van der Waals surface area contributed by atoms with E-state index in [9.17, 15) is 9.59 Å². The second-order valence-corrected chi connectivity index (χ2v) is 15.9. The summed E-state index contributed by atoms with van der Waals surface area (Å²) in [5.74, 6) is -0.857.